The van der Waals surface area contributed by atoms with Crippen molar-refractivity contribution in [3.63, 3.8) is 0 Å². The van der Waals surface area contributed by atoms with Gasteiger partial charge in [0, 0.05) is 17.7 Å². The van der Waals surface area contributed by atoms with Gasteiger partial charge in [0.05, 0.1) is 10.7 Å². The number of aromatic amines is 1. The number of thioether (sulfide) groups is 1. The van der Waals surface area contributed by atoms with Crippen LogP contribution in [0.4, 0.5) is 5.69 Å². The van der Waals surface area contributed by atoms with Crippen LogP contribution in [-0.2, 0) is 4.79 Å². The molecule has 19 heavy (non-hydrogen) atoms. The molecule has 0 amide bonds. The first kappa shape index (κ1) is 13.0. The number of rotatable bonds is 5. The third kappa shape index (κ3) is 3.28. The molecule has 0 fully saturated rings. The van der Waals surface area contributed by atoms with Crippen LogP contribution in [-0.4, -0.2) is 36.9 Å². The molecule has 0 aliphatic carbocycles. The van der Waals surface area contributed by atoms with Gasteiger partial charge in [0.1, 0.15) is 0 Å². The molecular formula is C10H8N4O4S. The lowest BCUT2D eigenvalue weighted by Gasteiger charge is -1.96. The first-order chi connectivity index (χ1) is 9.06. The molecule has 0 saturated carbocycles. The first-order valence-electron chi connectivity index (χ1n) is 5.08. The Morgan fingerprint density at radius 1 is 1.47 bits per heavy atom. The maximum atomic E-state index is 10.7. The summed E-state index contributed by atoms with van der Waals surface area (Å²) in [6.45, 7) is 0. The van der Waals surface area contributed by atoms with Gasteiger partial charge >= 0.3 is 5.97 Å². The summed E-state index contributed by atoms with van der Waals surface area (Å²) in [7, 11) is 0. The van der Waals surface area contributed by atoms with E-state index < -0.39 is 10.9 Å². The van der Waals surface area contributed by atoms with Gasteiger partial charge in [-0.1, -0.05) is 23.9 Å². The van der Waals surface area contributed by atoms with Crippen molar-refractivity contribution in [1.29, 1.82) is 0 Å². The van der Waals surface area contributed by atoms with Gasteiger partial charge in [-0.15, -0.1) is 10.2 Å². The molecule has 0 atom stereocenters. The summed E-state index contributed by atoms with van der Waals surface area (Å²) in [5, 5.41) is 27.1. The number of benzene rings is 1. The molecule has 8 nitrogen and oxygen atoms in total. The average Bonchev–Trinajstić information content (AvgIpc) is 2.85. The molecule has 9 heteroatoms. The van der Waals surface area contributed by atoms with Crippen molar-refractivity contribution in [2.45, 2.75) is 5.16 Å². The summed E-state index contributed by atoms with van der Waals surface area (Å²) in [6, 6.07) is 5.94. The summed E-state index contributed by atoms with van der Waals surface area (Å²) in [5.41, 5.74) is 0.470. The van der Waals surface area contributed by atoms with Crippen LogP contribution in [0.5, 0.6) is 0 Å². The van der Waals surface area contributed by atoms with Crippen LogP contribution in [0.25, 0.3) is 11.4 Å². The lowest BCUT2D eigenvalue weighted by molar-refractivity contribution is -0.384. The van der Waals surface area contributed by atoms with Crippen molar-refractivity contribution >= 4 is 23.4 Å². The number of nitrogens with zero attached hydrogens (tertiary/aromatic N) is 3. The highest BCUT2D eigenvalue weighted by molar-refractivity contribution is 7.99. The van der Waals surface area contributed by atoms with Crippen LogP contribution >= 0.6 is 11.8 Å². The Morgan fingerprint density at radius 2 is 2.26 bits per heavy atom. The zero-order valence-corrected chi connectivity index (χ0v) is 10.3. The fourth-order valence-electron chi connectivity index (χ4n) is 1.34. The molecular weight excluding hydrogens is 272 g/mol. The van der Waals surface area contributed by atoms with Crippen LogP contribution in [0.3, 0.4) is 0 Å². The number of hydrogen-bond donors (Lipinski definition) is 2. The van der Waals surface area contributed by atoms with Gasteiger partial charge in [-0.25, -0.2) is 0 Å². The number of nitro groups is 1. The molecule has 0 spiro atoms. The lowest BCUT2D eigenvalue weighted by atomic mass is 10.2. The minimum absolute atomic E-state index is 0.0476. The topological polar surface area (TPSA) is 122 Å². The molecule has 0 radical (unpaired) electrons. The van der Waals surface area contributed by atoms with E-state index in [4.69, 9.17) is 5.11 Å². The number of carboxylic acid groups (broad SMARTS) is 1. The van der Waals surface area contributed by atoms with Crippen LogP contribution in [0.2, 0.25) is 0 Å². The summed E-state index contributed by atoms with van der Waals surface area (Å²) in [5.74, 6) is -0.737. The Bertz CT molecular complexity index is 627. The number of carbonyl (C=O) groups is 1. The van der Waals surface area contributed by atoms with Gasteiger partial charge in [-0.3, -0.25) is 14.9 Å². The van der Waals surface area contributed by atoms with Crippen molar-refractivity contribution < 1.29 is 14.8 Å². The first-order valence-corrected chi connectivity index (χ1v) is 6.07. The Kier molecular flexibility index (Phi) is 3.76. The Hall–Kier alpha value is -2.42. The molecule has 2 aromatic rings. The Balaban J connectivity index is 2.20. The minimum Gasteiger partial charge on any atom is -0.481 e. The van der Waals surface area contributed by atoms with E-state index in [2.05, 4.69) is 15.2 Å². The van der Waals surface area contributed by atoms with Crippen molar-refractivity contribution in [2.75, 3.05) is 5.75 Å². The number of aromatic nitrogens is 3. The van der Waals surface area contributed by atoms with Gasteiger partial charge in [0.2, 0.25) is 0 Å². The predicted molar refractivity (Wildman–Crippen MR) is 66.8 cm³/mol. The zero-order valence-electron chi connectivity index (χ0n) is 9.44. The summed E-state index contributed by atoms with van der Waals surface area (Å²) >= 11 is 0.992. The molecule has 2 rings (SSSR count). The largest absolute Gasteiger partial charge is 0.481 e. The highest BCUT2D eigenvalue weighted by atomic mass is 32.2. The lowest BCUT2D eigenvalue weighted by Crippen LogP contribution is -1.97. The molecule has 0 bridgehead atoms. The molecule has 0 aliphatic rings. The maximum absolute atomic E-state index is 10.7. The highest BCUT2D eigenvalue weighted by Crippen LogP contribution is 2.22. The van der Waals surface area contributed by atoms with E-state index in [1.165, 1.54) is 12.1 Å². The summed E-state index contributed by atoms with van der Waals surface area (Å²) in [6.07, 6.45) is 0. The van der Waals surface area contributed by atoms with E-state index >= 15 is 0 Å². The van der Waals surface area contributed by atoms with E-state index in [1.807, 2.05) is 0 Å². The molecule has 1 aromatic carbocycles. The van der Waals surface area contributed by atoms with Gasteiger partial charge in [-0.2, -0.15) is 0 Å². The van der Waals surface area contributed by atoms with Crippen LogP contribution in [0.1, 0.15) is 0 Å². The number of nitrogens with one attached hydrogen (secondary N) is 1. The predicted octanol–water partition coefficient (Wildman–Crippen LogP) is 1.56. The van der Waals surface area contributed by atoms with Gasteiger partial charge in [0.15, 0.2) is 11.0 Å². The van der Waals surface area contributed by atoms with Crippen LogP contribution in [0.15, 0.2) is 29.4 Å². The molecule has 1 aromatic heterocycles. The molecule has 0 saturated heterocycles. The molecule has 0 aliphatic heterocycles. The third-order valence-corrected chi connectivity index (χ3v) is 2.98. The number of non-ortho nitro benzene ring substituents is 1. The average molecular weight is 280 g/mol. The third-order valence-electron chi connectivity index (χ3n) is 2.13. The Labute approximate surface area is 111 Å². The van der Waals surface area contributed by atoms with E-state index in [-0.39, 0.29) is 11.4 Å². The van der Waals surface area contributed by atoms with E-state index in [0.717, 1.165) is 11.8 Å². The van der Waals surface area contributed by atoms with Gasteiger partial charge in [-0.05, 0) is 0 Å². The fourth-order valence-corrected chi connectivity index (χ4v) is 1.87. The van der Waals surface area contributed by atoms with Crippen molar-refractivity contribution in [1.82, 2.24) is 15.2 Å². The SMILES string of the molecule is O=C(O)CSc1nnc(-c2cccc([N+](=O)[O-])c2)[nH]1. The van der Waals surface area contributed by atoms with E-state index in [9.17, 15) is 14.9 Å². The number of H-pyrrole nitrogens is 1. The highest BCUT2D eigenvalue weighted by Gasteiger charge is 2.11. The molecule has 1 heterocycles. The normalized spacial score (nSPS) is 10.3. The van der Waals surface area contributed by atoms with Crippen LogP contribution in [0, 0.1) is 10.1 Å². The van der Waals surface area contributed by atoms with E-state index in [0.29, 0.717) is 16.5 Å². The second-order valence-electron chi connectivity index (χ2n) is 3.47. The monoisotopic (exact) mass is 280 g/mol. The number of carboxylic acids is 1. The van der Waals surface area contributed by atoms with E-state index in [1.54, 1.807) is 12.1 Å². The second kappa shape index (κ2) is 5.48. The fraction of sp³-hybridized carbons (Fsp3) is 0.100. The zero-order chi connectivity index (χ0) is 13.8. The number of nitro benzene ring substituents is 1. The molecule has 2 N–H and O–H groups in total. The summed E-state index contributed by atoms with van der Waals surface area (Å²) < 4.78 is 0. The quantitative estimate of drug-likeness (QED) is 0.484. The van der Waals surface area contributed by atoms with Gasteiger partial charge < -0.3 is 10.1 Å². The van der Waals surface area contributed by atoms with Crippen LogP contribution < -0.4 is 0 Å². The summed E-state index contributed by atoms with van der Waals surface area (Å²) in [4.78, 5) is 23.4. The smallest absolute Gasteiger partial charge is 0.313 e. The molecule has 0 unspecified atom stereocenters. The number of aliphatic carboxylic acids is 1. The molecule has 98 valence electrons. The standard InChI is InChI=1S/C10H8N4O4S/c15-8(16)5-19-10-11-9(12-13-10)6-2-1-3-7(4-6)14(17)18/h1-4H,5H2,(H,15,16)(H,11,12,13). The van der Waals surface area contributed by atoms with Crippen molar-refractivity contribution in [3.05, 3.63) is 34.4 Å². The van der Waals surface area contributed by atoms with Crippen molar-refractivity contribution in [3.8, 4) is 11.4 Å². The second-order valence-corrected chi connectivity index (χ2v) is 4.43. The number of hydrogen-bond acceptors (Lipinski definition) is 6. The minimum atomic E-state index is -0.960. The van der Waals surface area contributed by atoms with Crippen molar-refractivity contribution in [2.24, 2.45) is 0 Å². The van der Waals surface area contributed by atoms with Gasteiger partial charge in [0.25, 0.3) is 5.69 Å². The Morgan fingerprint density at radius 3 is 2.95 bits per heavy atom. The maximum Gasteiger partial charge on any atom is 0.313 e.